The van der Waals surface area contributed by atoms with Gasteiger partial charge in [-0.1, -0.05) is 18.2 Å². The van der Waals surface area contributed by atoms with Crippen LogP contribution in [0, 0.1) is 5.92 Å². The summed E-state index contributed by atoms with van der Waals surface area (Å²) in [5.74, 6) is -0.367. The van der Waals surface area contributed by atoms with Crippen LogP contribution in [0.4, 0.5) is 0 Å². The summed E-state index contributed by atoms with van der Waals surface area (Å²) < 4.78 is 1.72. The molecule has 1 saturated carbocycles. The zero-order valence-corrected chi connectivity index (χ0v) is 11.6. The van der Waals surface area contributed by atoms with Gasteiger partial charge in [-0.05, 0) is 30.0 Å². The first-order valence-electron chi connectivity index (χ1n) is 6.79. The van der Waals surface area contributed by atoms with E-state index >= 15 is 0 Å². The second kappa shape index (κ2) is 5.40. The molecule has 6 nitrogen and oxygen atoms in total. The molecule has 0 unspecified atom stereocenters. The number of nitrogens with zero attached hydrogens (tertiary/aromatic N) is 2. The number of rotatable bonds is 3. The lowest BCUT2D eigenvalue weighted by molar-refractivity contribution is -0.123. The van der Waals surface area contributed by atoms with Crippen molar-refractivity contribution in [3.63, 3.8) is 0 Å². The molecule has 1 aromatic heterocycles. The zero-order valence-electron chi connectivity index (χ0n) is 11.6. The number of nitrogens with one attached hydrogen (secondary N) is 2. The van der Waals surface area contributed by atoms with Crippen molar-refractivity contribution in [2.24, 2.45) is 13.0 Å². The number of hydrazine groups is 1. The Balaban J connectivity index is 1.51. The summed E-state index contributed by atoms with van der Waals surface area (Å²) in [4.78, 5) is 23.8. The Labute approximate surface area is 122 Å². The molecule has 2 amide bonds. The largest absolute Gasteiger partial charge is 0.276 e. The fourth-order valence-corrected chi connectivity index (χ4v) is 2.36. The van der Waals surface area contributed by atoms with Crippen LogP contribution in [0.5, 0.6) is 0 Å². The molecular formula is C15H16N4O2. The van der Waals surface area contributed by atoms with Crippen LogP contribution in [0.15, 0.2) is 42.7 Å². The highest BCUT2D eigenvalue weighted by Crippen LogP contribution is 2.47. The van der Waals surface area contributed by atoms with Gasteiger partial charge in [0.1, 0.15) is 0 Å². The van der Waals surface area contributed by atoms with Crippen LogP contribution in [-0.4, -0.2) is 21.6 Å². The van der Waals surface area contributed by atoms with Gasteiger partial charge in [-0.15, -0.1) is 0 Å². The molecule has 21 heavy (non-hydrogen) atoms. The van der Waals surface area contributed by atoms with Crippen molar-refractivity contribution in [1.82, 2.24) is 20.6 Å². The van der Waals surface area contributed by atoms with Gasteiger partial charge < -0.3 is 0 Å². The minimum atomic E-state index is -0.317. The molecule has 2 N–H and O–H groups in total. The predicted octanol–water partition coefficient (Wildman–Crippen LogP) is 0.985. The lowest BCUT2D eigenvalue weighted by atomic mass is 10.2. The molecule has 1 fully saturated rings. The summed E-state index contributed by atoms with van der Waals surface area (Å²) in [7, 11) is 1.85. The Morgan fingerprint density at radius 1 is 1.24 bits per heavy atom. The maximum absolute atomic E-state index is 12.0. The normalized spacial score (nSPS) is 19.9. The highest BCUT2D eigenvalue weighted by Gasteiger charge is 2.44. The second-order valence-electron chi connectivity index (χ2n) is 5.21. The maximum Gasteiger partial charge on any atom is 0.269 e. The average molecular weight is 284 g/mol. The third kappa shape index (κ3) is 2.94. The first-order valence-corrected chi connectivity index (χ1v) is 6.79. The molecule has 1 aromatic carbocycles. The molecule has 1 heterocycles. The van der Waals surface area contributed by atoms with Crippen LogP contribution >= 0.6 is 0 Å². The van der Waals surface area contributed by atoms with Crippen molar-refractivity contribution in [1.29, 1.82) is 0 Å². The molecule has 3 rings (SSSR count). The fraction of sp³-hybridized carbons (Fsp3) is 0.267. The number of aromatic nitrogens is 2. The maximum atomic E-state index is 12.0. The van der Waals surface area contributed by atoms with Gasteiger partial charge in [0, 0.05) is 24.7 Å². The lowest BCUT2D eigenvalue weighted by Crippen LogP contribution is -2.42. The third-order valence-corrected chi connectivity index (χ3v) is 3.62. The van der Waals surface area contributed by atoms with Crippen molar-refractivity contribution in [2.75, 3.05) is 0 Å². The summed E-state index contributed by atoms with van der Waals surface area (Å²) in [6.45, 7) is 0. The molecule has 0 aliphatic heterocycles. The van der Waals surface area contributed by atoms with E-state index in [4.69, 9.17) is 0 Å². The highest BCUT2D eigenvalue weighted by molar-refractivity contribution is 5.95. The quantitative estimate of drug-likeness (QED) is 0.825. The monoisotopic (exact) mass is 284 g/mol. The lowest BCUT2D eigenvalue weighted by Gasteiger charge is -2.06. The Bertz CT molecular complexity index is 665. The number of hydrogen-bond acceptors (Lipinski definition) is 3. The molecule has 1 aliphatic rings. The molecular weight excluding hydrogens is 268 g/mol. The van der Waals surface area contributed by atoms with Crippen LogP contribution in [0.25, 0.3) is 0 Å². The smallest absolute Gasteiger partial charge is 0.269 e. The van der Waals surface area contributed by atoms with Gasteiger partial charge in [-0.3, -0.25) is 25.1 Å². The Morgan fingerprint density at radius 2 is 2.00 bits per heavy atom. The Morgan fingerprint density at radius 3 is 2.67 bits per heavy atom. The van der Waals surface area contributed by atoms with Gasteiger partial charge in [0.05, 0.1) is 6.20 Å². The van der Waals surface area contributed by atoms with Crippen molar-refractivity contribution in [3.8, 4) is 0 Å². The molecule has 1 aliphatic carbocycles. The summed E-state index contributed by atoms with van der Waals surface area (Å²) in [6.07, 6.45) is 4.49. The highest BCUT2D eigenvalue weighted by atomic mass is 16.2. The van der Waals surface area contributed by atoms with E-state index in [9.17, 15) is 9.59 Å². The van der Waals surface area contributed by atoms with Crippen LogP contribution in [0.3, 0.4) is 0 Å². The van der Waals surface area contributed by atoms with E-state index in [1.54, 1.807) is 35.1 Å². The van der Waals surface area contributed by atoms with Gasteiger partial charge in [-0.2, -0.15) is 5.10 Å². The van der Waals surface area contributed by atoms with Crippen LogP contribution in [0.1, 0.15) is 28.3 Å². The van der Waals surface area contributed by atoms with Crippen molar-refractivity contribution in [3.05, 3.63) is 53.9 Å². The summed E-state index contributed by atoms with van der Waals surface area (Å²) >= 11 is 0. The number of aryl methyl sites for hydroxylation is 1. The summed E-state index contributed by atoms with van der Waals surface area (Å²) in [5.41, 5.74) is 6.50. The predicted molar refractivity (Wildman–Crippen MR) is 76.1 cm³/mol. The number of carbonyl (C=O) groups is 2. The van der Waals surface area contributed by atoms with Gasteiger partial charge in [0.15, 0.2) is 0 Å². The van der Waals surface area contributed by atoms with Crippen LogP contribution in [-0.2, 0) is 11.8 Å². The summed E-state index contributed by atoms with van der Waals surface area (Å²) in [5, 5.41) is 4.10. The Kier molecular flexibility index (Phi) is 3.43. The third-order valence-electron chi connectivity index (χ3n) is 3.62. The van der Waals surface area contributed by atoms with E-state index in [0.717, 1.165) is 12.0 Å². The van der Waals surface area contributed by atoms with E-state index in [-0.39, 0.29) is 23.7 Å². The number of carbonyl (C=O) groups excluding carboxylic acids is 2. The Hall–Kier alpha value is -2.63. The molecule has 2 aromatic rings. The number of benzene rings is 1. The first kappa shape index (κ1) is 13.4. The number of hydrogen-bond donors (Lipinski definition) is 2. The zero-order chi connectivity index (χ0) is 14.8. The molecule has 2 atom stereocenters. The van der Waals surface area contributed by atoms with Crippen molar-refractivity contribution in [2.45, 2.75) is 12.3 Å². The van der Waals surface area contributed by atoms with Gasteiger partial charge in [0.2, 0.25) is 5.91 Å². The average Bonchev–Trinajstić information content (AvgIpc) is 3.20. The minimum absolute atomic E-state index is 0.0923. The van der Waals surface area contributed by atoms with Crippen LogP contribution in [0.2, 0.25) is 0 Å². The standard InChI is InChI=1S/C15H16N4O2/c1-19-9-11(8-16-19)12-7-13(12)15(21)18-17-14(20)10-5-3-2-4-6-10/h2-6,8-9,12-13H,7H2,1H3,(H,17,20)(H,18,21)/t12-,13-/m1/s1. The molecule has 0 radical (unpaired) electrons. The first-order chi connectivity index (χ1) is 10.1. The van der Waals surface area contributed by atoms with E-state index in [1.807, 2.05) is 19.3 Å². The van der Waals surface area contributed by atoms with Gasteiger partial charge in [-0.25, -0.2) is 0 Å². The SMILES string of the molecule is Cn1cc([C@H]2C[C@H]2C(=O)NNC(=O)c2ccccc2)cn1. The number of amides is 2. The molecule has 0 saturated heterocycles. The molecule has 6 heteroatoms. The van der Waals surface area contributed by atoms with E-state index in [0.29, 0.717) is 5.56 Å². The van der Waals surface area contributed by atoms with Gasteiger partial charge >= 0.3 is 0 Å². The topological polar surface area (TPSA) is 76.0 Å². The van der Waals surface area contributed by atoms with Crippen LogP contribution < -0.4 is 10.9 Å². The van der Waals surface area contributed by atoms with Crippen molar-refractivity contribution < 1.29 is 9.59 Å². The summed E-state index contributed by atoms with van der Waals surface area (Å²) in [6, 6.07) is 8.76. The van der Waals surface area contributed by atoms with E-state index in [1.165, 1.54) is 0 Å². The molecule has 0 bridgehead atoms. The van der Waals surface area contributed by atoms with E-state index in [2.05, 4.69) is 16.0 Å². The van der Waals surface area contributed by atoms with Gasteiger partial charge in [0.25, 0.3) is 5.91 Å². The molecule has 0 spiro atoms. The van der Waals surface area contributed by atoms with Crippen molar-refractivity contribution >= 4 is 11.8 Å². The minimum Gasteiger partial charge on any atom is -0.276 e. The fourth-order valence-electron chi connectivity index (χ4n) is 2.36. The molecule has 108 valence electrons. The van der Waals surface area contributed by atoms with E-state index < -0.39 is 0 Å². The second-order valence-corrected chi connectivity index (χ2v) is 5.21.